The molecular weight excluding hydrogens is 272 g/mol. The Morgan fingerprint density at radius 3 is 2.73 bits per heavy atom. The van der Waals surface area contributed by atoms with Crippen molar-refractivity contribution in [2.24, 2.45) is 0 Å². The Hall–Kier alpha value is 0.01000. The van der Waals surface area contributed by atoms with Crippen LogP contribution in [-0.4, -0.2) is 22.2 Å². The molecule has 0 bridgehead atoms. The lowest BCUT2D eigenvalue weighted by molar-refractivity contribution is 0.170. The van der Waals surface area contributed by atoms with Crippen LogP contribution >= 0.6 is 27.7 Å². The van der Waals surface area contributed by atoms with E-state index in [2.05, 4.69) is 28.1 Å². The Morgan fingerprint density at radius 2 is 2.13 bits per heavy atom. The van der Waals surface area contributed by atoms with Crippen molar-refractivity contribution in [1.82, 2.24) is 0 Å². The molecule has 1 nitrogen and oxygen atoms in total. The lowest BCUT2D eigenvalue weighted by Crippen LogP contribution is -2.22. The standard InChI is InChI=1S/C12H15BrOS/c13-10-5-3-9(4-6-10)8-11(14)12-2-1-7-15-12/h3-6,11-12,14H,1-2,7-8H2. The van der Waals surface area contributed by atoms with E-state index in [1.807, 2.05) is 23.9 Å². The first kappa shape index (κ1) is 11.5. The van der Waals surface area contributed by atoms with Crippen LogP contribution in [0.5, 0.6) is 0 Å². The van der Waals surface area contributed by atoms with E-state index in [1.165, 1.54) is 24.2 Å². The van der Waals surface area contributed by atoms with Crippen molar-refractivity contribution in [3.05, 3.63) is 34.3 Å². The van der Waals surface area contributed by atoms with Gasteiger partial charge in [-0.2, -0.15) is 11.8 Å². The van der Waals surface area contributed by atoms with Crippen molar-refractivity contribution in [3.63, 3.8) is 0 Å². The fraction of sp³-hybridized carbons (Fsp3) is 0.500. The second-order valence-corrected chi connectivity index (χ2v) is 6.21. The van der Waals surface area contributed by atoms with Gasteiger partial charge in [0.05, 0.1) is 6.10 Å². The molecule has 2 atom stereocenters. The maximum atomic E-state index is 10.0. The van der Waals surface area contributed by atoms with Gasteiger partial charge in [-0.25, -0.2) is 0 Å². The lowest BCUT2D eigenvalue weighted by atomic mass is 10.0. The zero-order chi connectivity index (χ0) is 10.7. The van der Waals surface area contributed by atoms with E-state index in [1.54, 1.807) is 0 Å². The Labute approximate surface area is 103 Å². The fourth-order valence-corrected chi connectivity index (χ4v) is 3.45. The minimum atomic E-state index is -0.182. The monoisotopic (exact) mass is 286 g/mol. The highest BCUT2D eigenvalue weighted by molar-refractivity contribution is 9.10. The third kappa shape index (κ3) is 3.23. The zero-order valence-corrected chi connectivity index (χ0v) is 10.9. The molecule has 0 amide bonds. The van der Waals surface area contributed by atoms with Gasteiger partial charge in [0.25, 0.3) is 0 Å². The molecule has 3 heteroatoms. The number of thioether (sulfide) groups is 1. The molecule has 2 rings (SSSR count). The molecule has 0 radical (unpaired) electrons. The predicted molar refractivity (Wildman–Crippen MR) is 69.3 cm³/mol. The van der Waals surface area contributed by atoms with E-state index in [9.17, 15) is 5.11 Å². The highest BCUT2D eigenvalue weighted by Gasteiger charge is 2.23. The molecule has 2 unspecified atom stereocenters. The quantitative estimate of drug-likeness (QED) is 0.921. The predicted octanol–water partition coefficient (Wildman–Crippen LogP) is 3.25. The molecule has 1 aromatic carbocycles. The lowest BCUT2D eigenvalue weighted by Gasteiger charge is -2.16. The maximum absolute atomic E-state index is 10.0. The summed E-state index contributed by atoms with van der Waals surface area (Å²) in [7, 11) is 0. The second kappa shape index (κ2) is 5.37. The van der Waals surface area contributed by atoms with Gasteiger partial charge in [-0.3, -0.25) is 0 Å². The number of halogens is 1. The topological polar surface area (TPSA) is 20.2 Å². The van der Waals surface area contributed by atoms with Gasteiger partial charge in [0.15, 0.2) is 0 Å². The van der Waals surface area contributed by atoms with Crippen LogP contribution < -0.4 is 0 Å². The summed E-state index contributed by atoms with van der Waals surface area (Å²) in [4.78, 5) is 0. The SMILES string of the molecule is OC(Cc1ccc(Br)cc1)C1CCCS1. The summed E-state index contributed by atoms with van der Waals surface area (Å²) in [5, 5.41) is 10.5. The van der Waals surface area contributed by atoms with Gasteiger partial charge in [-0.1, -0.05) is 28.1 Å². The van der Waals surface area contributed by atoms with Crippen molar-refractivity contribution in [1.29, 1.82) is 0 Å². The van der Waals surface area contributed by atoms with Crippen LogP contribution in [0.25, 0.3) is 0 Å². The molecule has 1 aliphatic heterocycles. The summed E-state index contributed by atoms with van der Waals surface area (Å²) >= 11 is 5.32. The average molecular weight is 287 g/mol. The number of benzene rings is 1. The summed E-state index contributed by atoms with van der Waals surface area (Å²) < 4.78 is 1.09. The van der Waals surface area contributed by atoms with E-state index in [0.29, 0.717) is 5.25 Å². The van der Waals surface area contributed by atoms with Crippen molar-refractivity contribution in [2.45, 2.75) is 30.6 Å². The number of aliphatic hydroxyl groups is 1. The minimum absolute atomic E-state index is 0.182. The van der Waals surface area contributed by atoms with Crippen LogP contribution in [0, 0.1) is 0 Å². The molecule has 1 N–H and O–H groups in total. The highest BCUT2D eigenvalue weighted by Crippen LogP contribution is 2.30. The molecular formula is C12H15BrOS. The Balaban J connectivity index is 1.92. The molecule has 1 heterocycles. The van der Waals surface area contributed by atoms with E-state index in [-0.39, 0.29) is 6.10 Å². The third-order valence-corrected chi connectivity index (χ3v) is 4.78. The summed E-state index contributed by atoms with van der Waals surface area (Å²) in [5.41, 5.74) is 1.22. The third-order valence-electron chi connectivity index (χ3n) is 2.75. The Bertz CT molecular complexity index is 306. The van der Waals surface area contributed by atoms with Crippen LogP contribution in [0.15, 0.2) is 28.7 Å². The number of hydrogen-bond acceptors (Lipinski definition) is 2. The molecule has 0 aromatic heterocycles. The van der Waals surface area contributed by atoms with Gasteiger partial charge in [-0.15, -0.1) is 0 Å². The van der Waals surface area contributed by atoms with Gasteiger partial charge in [0.1, 0.15) is 0 Å². The zero-order valence-electron chi connectivity index (χ0n) is 8.53. The van der Waals surface area contributed by atoms with E-state index in [4.69, 9.17) is 0 Å². The molecule has 0 aliphatic carbocycles. The molecule has 82 valence electrons. The van der Waals surface area contributed by atoms with Crippen LogP contribution in [0.3, 0.4) is 0 Å². The van der Waals surface area contributed by atoms with Gasteiger partial charge in [0.2, 0.25) is 0 Å². The van der Waals surface area contributed by atoms with Crippen LogP contribution in [0.2, 0.25) is 0 Å². The first-order chi connectivity index (χ1) is 7.25. The summed E-state index contributed by atoms with van der Waals surface area (Å²) in [6, 6.07) is 8.22. The molecule has 1 aliphatic rings. The largest absolute Gasteiger partial charge is 0.392 e. The number of rotatable bonds is 3. The van der Waals surface area contributed by atoms with Gasteiger partial charge in [0, 0.05) is 9.72 Å². The van der Waals surface area contributed by atoms with Crippen LogP contribution in [0.1, 0.15) is 18.4 Å². The van der Waals surface area contributed by atoms with Crippen molar-refractivity contribution in [2.75, 3.05) is 5.75 Å². The van der Waals surface area contributed by atoms with Gasteiger partial charge in [-0.05, 0) is 42.7 Å². The van der Waals surface area contributed by atoms with Gasteiger partial charge < -0.3 is 5.11 Å². The first-order valence-electron chi connectivity index (χ1n) is 5.30. The van der Waals surface area contributed by atoms with Crippen molar-refractivity contribution < 1.29 is 5.11 Å². The molecule has 0 saturated carbocycles. The number of aliphatic hydroxyl groups excluding tert-OH is 1. The Morgan fingerprint density at radius 1 is 1.40 bits per heavy atom. The second-order valence-electron chi connectivity index (χ2n) is 3.95. The molecule has 15 heavy (non-hydrogen) atoms. The summed E-state index contributed by atoms with van der Waals surface area (Å²) in [6.45, 7) is 0. The van der Waals surface area contributed by atoms with Crippen LogP contribution in [-0.2, 0) is 6.42 Å². The maximum Gasteiger partial charge on any atom is 0.0699 e. The van der Waals surface area contributed by atoms with Gasteiger partial charge >= 0.3 is 0 Å². The normalized spacial score (nSPS) is 22.9. The highest BCUT2D eigenvalue weighted by atomic mass is 79.9. The summed E-state index contributed by atoms with van der Waals surface area (Å²) in [5.74, 6) is 1.21. The smallest absolute Gasteiger partial charge is 0.0699 e. The van der Waals surface area contributed by atoms with Crippen molar-refractivity contribution in [3.8, 4) is 0 Å². The van der Waals surface area contributed by atoms with E-state index < -0.39 is 0 Å². The van der Waals surface area contributed by atoms with Crippen molar-refractivity contribution >= 4 is 27.7 Å². The minimum Gasteiger partial charge on any atom is -0.392 e. The van der Waals surface area contributed by atoms with E-state index >= 15 is 0 Å². The average Bonchev–Trinajstić information content (AvgIpc) is 2.74. The Kier molecular flexibility index (Phi) is 4.12. The molecule has 1 fully saturated rings. The molecule has 0 spiro atoms. The summed E-state index contributed by atoms with van der Waals surface area (Å²) in [6.07, 6.45) is 3.03. The molecule has 1 aromatic rings. The van der Waals surface area contributed by atoms with E-state index in [0.717, 1.165) is 10.9 Å². The molecule has 1 saturated heterocycles. The number of hydrogen-bond donors (Lipinski definition) is 1. The van der Waals surface area contributed by atoms with Crippen LogP contribution in [0.4, 0.5) is 0 Å². The first-order valence-corrected chi connectivity index (χ1v) is 7.14. The fourth-order valence-electron chi connectivity index (χ4n) is 1.90.